The van der Waals surface area contributed by atoms with Crippen LogP contribution in [0.25, 0.3) is 0 Å². The van der Waals surface area contributed by atoms with Crippen molar-refractivity contribution in [2.45, 2.75) is 32.4 Å². The summed E-state index contributed by atoms with van der Waals surface area (Å²) in [6.07, 6.45) is 2.19. The molecule has 1 aliphatic rings. The molecule has 1 aromatic carbocycles. The molecule has 2 N–H and O–H groups in total. The summed E-state index contributed by atoms with van der Waals surface area (Å²) >= 11 is 0. The molecule has 3 rings (SSSR count). The molecule has 0 spiro atoms. The minimum atomic E-state index is 0. The number of benzene rings is 1. The number of hydrogen-bond donors (Lipinski definition) is 2. The second-order valence-corrected chi connectivity index (χ2v) is 7.27. The minimum absolute atomic E-state index is 0. The van der Waals surface area contributed by atoms with Gasteiger partial charge in [0.15, 0.2) is 5.96 Å². The normalized spacial score (nSPS) is 18.0. The van der Waals surface area contributed by atoms with E-state index in [9.17, 15) is 0 Å². The van der Waals surface area contributed by atoms with Gasteiger partial charge in [-0.05, 0) is 30.0 Å². The largest absolute Gasteiger partial charge is 0.375 e. The minimum Gasteiger partial charge on any atom is -0.375 e. The number of guanidine groups is 1. The highest BCUT2D eigenvalue weighted by atomic mass is 127. The Bertz CT molecular complexity index is 754. The first-order valence-electron chi connectivity index (χ1n) is 9.96. The van der Waals surface area contributed by atoms with Gasteiger partial charge in [0.1, 0.15) is 5.82 Å². The predicted molar refractivity (Wildman–Crippen MR) is 130 cm³/mol. The smallest absolute Gasteiger partial charge is 0.191 e. The molecule has 1 fully saturated rings. The number of aromatic nitrogens is 1. The van der Waals surface area contributed by atoms with E-state index in [-0.39, 0.29) is 30.1 Å². The van der Waals surface area contributed by atoms with E-state index in [0.717, 1.165) is 43.6 Å². The molecule has 1 saturated heterocycles. The highest BCUT2D eigenvalue weighted by molar-refractivity contribution is 14.0. The maximum atomic E-state index is 5.60. The summed E-state index contributed by atoms with van der Waals surface area (Å²) in [5.41, 5.74) is 2.45. The molecule has 0 aliphatic carbocycles. The number of pyridine rings is 1. The van der Waals surface area contributed by atoms with Gasteiger partial charge in [-0.15, -0.1) is 24.0 Å². The van der Waals surface area contributed by atoms with Crippen molar-refractivity contribution in [1.82, 2.24) is 15.6 Å². The highest BCUT2D eigenvalue weighted by Gasteiger charge is 2.17. The number of nitrogens with zero attached hydrogens (tertiary/aromatic N) is 3. The van der Waals surface area contributed by atoms with Crippen molar-refractivity contribution in [2.75, 3.05) is 38.2 Å². The summed E-state index contributed by atoms with van der Waals surface area (Å²) in [5, 5.41) is 6.77. The summed E-state index contributed by atoms with van der Waals surface area (Å²) in [6.45, 7) is 8.37. The van der Waals surface area contributed by atoms with E-state index in [4.69, 9.17) is 4.74 Å². The van der Waals surface area contributed by atoms with Crippen molar-refractivity contribution in [2.24, 2.45) is 4.99 Å². The van der Waals surface area contributed by atoms with Crippen LogP contribution in [0.5, 0.6) is 0 Å². The first kappa shape index (κ1) is 23.4. The maximum absolute atomic E-state index is 5.60. The van der Waals surface area contributed by atoms with Crippen LogP contribution in [0.1, 0.15) is 30.9 Å². The van der Waals surface area contributed by atoms with Crippen molar-refractivity contribution in [1.29, 1.82) is 0 Å². The second kappa shape index (κ2) is 12.0. The summed E-state index contributed by atoms with van der Waals surface area (Å²) in [5.74, 6) is 2.23. The van der Waals surface area contributed by atoms with Crippen LogP contribution < -0.4 is 15.5 Å². The number of rotatable bonds is 6. The standard InChI is InChI=1S/C22H31N5O.HI/c1-17(20-7-5-4-6-8-20)13-25-22(23-3)26-15-19-9-10-21(24-14-19)27-11-12-28-18(2)16-27;/h4-10,14,17-18H,11-13,15-16H2,1-3H3,(H2,23,25,26);1H. The quantitative estimate of drug-likeness (QED) is 0.355. The average Bonchev–Trinajstić information content (AvgIpc) is 2.74. The zero-order chi connectivity index (χ0) is 19.8. The van der Waals surface area contributed by atoms with Crippen LogP contribution in [-0.4, -0.2) is 50.3 Å². The lowest BCUT2D eigenvalue weighted by molar-refractivity contribution is 0.0529. The van der Waals surface area contributed by atoms with E-state index in [1.165, 1.54) is 5.56 Å². The van der Waals surface area contributed by atoms with Gasteiger partial charge >= 0.3 is 0 Å². The van der Waals surface area contributed by atoms with Crippen LogP contribution in [-0.2, 0) is 11.3 Å². The molecule has 0 amide bonds. The number of morpholine rings is 1. The molecule has 1 aromatic heterocycles. The Balaban J connectivity index is 0.00000300. The molecule has 0 radical (unpaired) electrons. The maximum Gasteiger partial charge on any atom is 0.191 e. The number of ether oxygens (including phenoxy) is 1. The first-order chi connectivity index (χ1) is 13.7. The van der Waals surface area contributed by atoms with Gasteiger partial charge < -0.3 is 20.3 Å². The monoisotopic (exact) mass is 509 g/mol. The number of aliphatic imine (C=N–C) groups is 1. The van der Waals surface area contributed by atoms with Crippen molar-refractivity contribution in [3.05, 3.63) is 59.8 Å². The first-order valence-corrected chi connectivity index (χ1v) is 9.96. The number of anilines is 1. The Morgan fingerprint density at radius 2 is 2.03 bits per heavy atom. The van der Waals surface area contributed by atoms with Crippen molar-refractivity contribution >= 4 is 35.8 Å². The van der Waals surface area contributed by atoms with Gasteiger partial charge in [0, 0.05) is 39.4 Å². The highest BCUT2D eigenvalue weighted by Crippen LogP contribution is 2.15. The van der Waals surface area contributed by atoms with E-state index in [2.05, 4.69) is 75.8 Å². The summed E-state index contributed by atoms with van der Waals surface area (Å²) in [4.78, 5) is 11.2. The lowest BCUT2D eigenvalue weighted by atomic mass is 10.0. The van der Waals surface area contributed by atoms with Crippen molar-refractivity contribution < 1.29 is 4.74 Å². The third kappa shape index (κ3) is 7.15. The van der Waals surface area contributed by atoms with E-state index < -0.39 is 0 Å². The lowest BCUT2D eigenvalue weighted by Crippen LogP contribution is -2.41. The molecule has 2 heterocycles. The molecular weight excluding hydrogens is 477 g/mol. The zero-order valence-corrected chi connectivity index (χ0v) is 19.8. The zero-order valence-electron chi connectivity index (χ0n) is 17.5. The van der Waals surface area contributed by atoms with Gasteiger partial charge in [0.25, 0.3) is 0 Å². The third-order valence-corrected chi connectivity index (χ3v) is 5.00. The Kier molecular flexibility index (Phi) is 9.66. The average molecular weight is 509 g/mol. The molecule has 158 valence electrons. The van der Waals surface area contributed by atoms with Gasteiger partial charge in [0.2, 0.25) is 0 Å². The fraction of sp³-hybridized carbons (Fsp3) is 0.455. The van der Waals surface area contributed by atoms with Crippen LogP contribution in [0.3, 0.4) is 0 Å². The van der Waals surface area contributed by atoms with Gasteiger partial charge in [-0.25, -0.2) is 4.98 Å². The molecule has 7 heteroatoms. The molecule has 0 saturated carbocycles. The van der Waals surface area contributed by atoms with Gasteiger partial charge in [-0.2, -0.15) is 0 Å². The summed E-state index contributed by atoms with van der Waals surface area (Å²) in [6, 6.07) is 14.7. The number of nitrogens with one attached hydrogen (secondary N) is 2. The van der Waals surface area contributed by atoms with E-state index in [0.29, 0.717) is 12.5 Å². The van der Waals surface area contributed by atoms with Crippen LogP contribution in [0.4, 0.5) is 5.82 Å². The van der Waals surface area contributed by atoms with Crippen LogP contribution in [0.2, 0.25) is 0 Å². The lowest BCUT2D eigenvalue weighted by Gasteiger charge is -2.32. The van der Waals surface area contributed by atoms with Gasteiger partial charge in [-0.3, -0.25) is 4.99 Å². The Morgan fingerprint density at radius 1 is 1.24 bits per heavy atom. The van der Waals surface area contributed by atoms with Crippen molar-refractivity contribution in [3.63, 3.8) is 0 Å². The topological polar surface area (TPSA) is 61.8 Å². The fourth-order valence-corrected chi connectivity index (χ4v) is 3.29. The van der Waals surface area contributed by atoms with Crippen LogP contribution in [0, 0.1) is 0 Å². The molecule has 2 atom stereocenters. The molecule has 29 heavy (non-hydrogen) atoms. The van der Waals surface area contributed by atoms with Gasteiger partial charge in [0.05, 0.1) is 12.7 Å². The molecular formula is C22H32IN5O. The SMILES string of the molecule is CN=C(NCc1ccc(N2CCOC(C)C2)nc1)NCC(C)c1ccccc1.I. The fourth-order valence-electron chi connectivity index (χ4n) is 3.29. The molecule has 0 bridgehead atoms. The number of hydrogen-bond acceptors (Lipinski definition) is 4. The number of halogens is 1. The van der Waals surface area contributed by atoms with E-state index in [1.807, 2.05) is 12.3 Å². The molecule has 2 unspecified atom stereocenters. The molecule has 2 aromatic rings. The summed E-state index contributed by atoms with van der Waals surface area (Å²) < 4.78 is 5.60. The Labute approximate surface area is 191 Å². The van der Waals surface area contributed by atoms with Crippen molar-refractivity contribution in [3.8, 4) is 0 Å². The second-order valence-electron chi connectivity index (χ2n) is 7.27. The van der Waals surface area contributed by atoms with Crippen LogP contribution >= 0.6 is 24.0 Å². The van der Waals surface area contributed by atoms with E-state index >= 15 is 0 Å². The van der Waals surface area contributed by atoms with E-state index in [1.54, 1.807) is 7.05 Å². The third-order valence-electron chi connectivity index (χ3n) is 5.00. The Morgan fingerprint density at radius 3 is 2.69 bits per heavy atom. The predicted octanol–water partition coefficient (Wildman–Crippen LogP) is 3.39. The van der Waals surface area contributed by atoms with Gasteiger partial charge in [-0.1, -0.05) is 43.3 Å². The summed E-state index contributed by atoms with van der Waals surface area (Å²) in [7, 11) is 1.80. The van der Waals surface area contributed by atoms with Crippen LogP contribution in [0.15, 0.2) is 53.7 Å². The molecule has 6 nitrogen and oxygen atoms in total. The Hall–Kier alpha value is -1.87. The molecule has 1 aliphatic heterocycles.